The highest BCUT2D eigenvalue weighted by atomic mass is 16.2. The van der Waals surface area contributed by atoms with Crippen LogP contribution in [0.5, 0.6) is 0 Å². The fraction of sp³-hybridized carbons (Fsp3) is 0.125. The van der Waals surface area contributed by atoms with Crippen LogP contribution < -0.4 is 5.56 Å². The van der Waals surface area contributed by atoms with Gasteiger partial charge in [0.2, 0.25) is 5.91 Å². The number of rotatable bonds is 6. The zero-order valence-electron chi connectivity index (χ0n) is 17.9. The molecule has 0 saturated heterocycles. The third kappa shape index (κ3) is 4.03. The number of aromatic nitrogens is 6. The van der Waals surface area contributed by atoms with Gasteiger partial charge < -0.3 is 4.90 Å². The SMILES string of the molecule is CN(Cc1cnn(-c2ccccc2)c1)C(=O)Cn1cnc2c(cnn2-c2ccccc2)c1=O. The lowest BCUT2D eigenvalue weighted by Crippen LogP contribution is -2.33. The van der Waals surface area contributed by atoms with Gasteiger partial charge in [0, 0.05) is 25.4 Å². The summed E-state index contributed by atoms with van der Waals surface area (Å²) in [5.41, 5.74) is 2.79. The molecule has 0 radical (unpaired) electrons. The molecule has 5 aromatic rings. The fourth-order valence-electron chi connectivity index (χ4n) is 3.61. The maximum absolute atomic E-state index is 12.9. The molecule has 0 aliphatic rings. The third-order valence-corrected chi connectivity index (χ3v) is 5.36. The molecule has 2 aromatic carbocycles. The highest BCUT2D eigenvalue weighted by Crippen LogP contribution is 2.13. The number of para-hydroxylation sites is 2. The van der Waals surface area contributed by atoms with Crippen molar-refractivity contribution >= 4 is 16.9 Å². The monoisotopic (exact) mass is 439 g/mol. The molecule has 5 rings (SSSR count). The summed E-state index contributed by atoms with van der Waals surface area (Å²) in [6.07, 6.45) is 6.50. The van der Waals surface area contributed by atoms with E-state index in [4.69, 9.17) is 0 Å². The van der Waals surface area contributed by atoms with Gasteiger partial charge in [0.1, 0.15) is 18.3 Å². The number of carbonyl (C=O) groups excluding carboxylic acids is 1. The van der Waals surface area contributed by atoms with Gasteiger partial charge in [0.25, 0.3) is 5.56 Å². The average Bonchev–Trinajstić information content (AvgIpc) is 3.49. The summed E-state index contributed by atoms with van der Waals surface area (Å²) in [4.78, 5) is 31.7. The quantitative estimate of drug-likeness (QED) is 0.405. The molecule has 33 heavy (non-hydrogen) atoms. The minimum absolute atomic E-state index is 0.110. The van der Waals surface area contributed by atoms with E-state index in [2.05, 4.69) is 15.2 Å². The van der Waals surface area contributed by atoms with E-state index in [1.165, 1.54) is 17.1 Å². The Hall–Kier alpha value is -4.53. The summed E-state index contributed by atoms with van der Waals surface area (Å²) in [5.74, 6) is -0.207. The second-order valence-corrected chi connectivity index (χ2v) is 7.69. The number of nitrogens with zero attached hydrogens (tertiary/aromatic N) is 7. The van der Waals surface area contributed by atoms with E-state index < -0.39 is 0 Å². The molecule has 0 fully saturated rings. The van der Waals surface area contributed by atoms with Crippen LogP contribution in [0.3, 0.4) is 0 Å². The largest absolute Gasteiger partial charge is 0.340 e. The maximum Gasteiger partial charge on any atom is 0.264 e. The van der Waals surface area contributed by atoms with Crippen molar-refractivity contribution in [3.63, 3.8) is 0 Å². The Morgan fingerprint density at radius 3 is 2.36 bits per heavy atom. The second kappa shape index (κ2) is 8.54. The Labute approximate surface area is 189 Å². The lowest BCUT2D eigenvalue weighted by Gasteiger charge is -2.16. The van der Waals surface area contributed by atoms with Crippen molar-refractivity contribution < 1.29 is 4.79 Å². The lowest BCUT2D eigenvalue weighted by molar-refractivity contribution is -0.131. The number of fused-ring (bicyclic) bond motifs is 1. The zero-order valence-corrected chi connectivity index (χ0v) is 17.9. The predicted octanol–water partition coefficient (Wildman–Crippen LogP) is 2.43. The summed E-state index contributed by atoms with van der Waals surface area (Å²) in [5, 5.41) is 9.03. The summed E-state index contributed by atoms with van der Waals surface area (Å²) < 4.78 is 4.69. The third-order valence-electron chi connectivity index (χ3n) is 5.36. The molecular weight excluding hydrogens is 418 g/mol. The Bertz CT molecular complexity index is 1470. The minimum Gasteiger partial charge on any atom is -0.340 e. The van der Waals surface area contributed by atoms with Crippen molar-refractivity contribution in [3.05, 3.63) is 101 Å². The molecule has 164 valence electrons. The van der Waals surface area contributed by atoms with Gasteiger partial charge in [-0.1, -0.05) is 36.4 Å². The first-order valence-electron chi connectivity index (χ1n) is 10.4. The van der Waals surface area contributed by atoms with Crippen LogP contribution in [0.15, 0.2) is 90.4 Å². The van der Waals surface area contributed by atoms with Gasteiger partial charge in [-0.25, -0.2) is 14.3 Å². The first kappa shape index (κ1) is 20.4. The fourth-order valence-corrected chi connectivity index (χ4v) is 3.61. The standard InChI is InChI=1S/C24H21N7O2/c1-28(14-18-12-26-30(15-18)19-8-4-2-5-9-19)22(32)16-29-17-25-23-21(24(29)33)13-27-31(23)20-10-6-3-7-11-20/h2-13,15,17H,14,16H2,1H3. The molecule has 1 amide bonds. The van der Waals surface area contributed by atoms with Crippen LogP contribution in [0.1, 0.15) is 5.56 Å². The molecule has 0 atom stereocenters. The van der Waals surface area contributed by atoms with E-state index in [0.29, 0.717) is 17.6 Å². The van der Waals surface area contributed by atoms with Crippen molar-refractivity contribution in [2.75, 3.05) is 7.05 Å². The van der Waals surface area contributed by atoms with E-state index in [1.54, 1.807) is 27.5 Å². The van der Waals surface area contributed by atoms with Gasteiger partial charge in [-0.15, -0.1) is 0 Å². The average molecular weight is 439 g/mol. The highest BCUT2D eigenvalue weighted by Gasteiger charge is 2.16. The van der Waals surface area contributed by atoms with Crippen LogP contribution in [0, 0.1) is 0 Å². The van der Waals surface area contributed by atoms with Crippen LogP contribution >= 0.6 is 0 Å². The molecule has 0 bridgehead atoms. The molecule has 3 heterocycles. The van der Waals surface area contributed by atoms with E-state index in [1.807, 2.05) is 66.9 Å². The number of hydrogen-bond donors (Lipinski definition) is 0. The minimum atomic E-state index is -0.305. The van der Waals surface area contributed by atoms with Gasteiger partial charge in [-0.2, -0.15) is 10.2 Å². The van der Waals surface area contributed by atoms with Gasteiger partial charge in [0.15, 0.2) is 5.65 Å². The predicted molar refractivity (Wildman–Crippen MR) is 123 cm³/mol. The van der Waals surface area contributed by atoms with Crippen LogP contribution in [0.25, 0.3) is 22.4 Å². The summed E-state index contributed by atoms with van der Waals surface area (Å²) in [6, 6.07) is 19.2. The Kier molecular flexibility index (Phi) is 5.27. The summed E-state index contributed by atoms with van der Waals surface area (Å²) in [7, 11) is 1.70. The van der Waals surface area contributed by atoms with E-state index in [9.17, 15) is 9.59 Å². The number of likely N-dealkylation sites (N-methyl/N-ethyl adjacent to an activating group) is 1. The van der Waals surface area contributed by atoms with Gasteiger partial charge in [-0.3, -0.25) is 14.2 Å². The Morgan fingerprint density at radius 1 is 0.939 bits per heavy atom. The molecule has 9 heteroatoms. The van der Waals surface area contributed by atoms with Gasteiger partial charge in [-0.05, 0) is 24.3 Å². The van der Waals surface area contributed by atoms with Crippen LogP contribution in [-0.4, -0.2) is 47.0 Å². The molecular formula is C24H21N7O2. The van der Waals surface area contributed by atoms with Crippen molar-refractivity contribution in [2.24, 2.45) is 0 Å². The van der Waals surface area contributed by atoms with Crippen molar-refractivity contribution in [1.82, 2.24) is 34.0 Å². The van der Waals surface area contributed by atoms with Gasteiger partial charge in [0.05, 0.1) is 23.8 Å². The van der Waals surface area contributed by atoms with Crippen molar-refractivity contribution in [1.29, 1.82) is 0 Å². The Balaban J connectivity index is 1.31. The normalized spacial score (nSPS) is 11.1. The van der Waals surface area contributed by atoms with Crippen molar-refractivity contribution in [2.45, 2.75) is 13.1 Å². The number of carbonyl (C=O) groups is 1. The lowest BCUT2D eigenvalue weighted by atomic mass is 10.3. The Morgan fingerprint density at radius 2 is 1.64 bits per heavy atom. The van der Waals surface area contributed by atoms with Crippen LogP contribution in [-0.2, 0) is 17.9 Å². The molecule has 0 aliphatic carbocycles. The zero-order chi connectivity index (χ0) is 22.8. The first-order chi connectivity index (χ1) is 16.1. The van der Waals surface area contributed by atoms with Crippen LogP contribution in [0.4, 0.5) is 0 Å². The molecule has 0 aliphatic heterocycles. The summed E-state index contributed by atoms with van der Waals surface area (Å²) >= 11 is 0. The van der Waals surface area contributed by atoms with Gasteiger partial charge >= 0.3 is 0 Å². The molecule has 3 aromatic heterocycles. The number of benzene rings is 2. The number of amides is 1. The first-order valence-corrected chi connectivity index (χ1v) is 10.4. The number of hydrogen-bond acceptors (Lipinski definition) is 5. The van der Waals surface area contributed by atoms with Crippen molar-refractivity contribution in [3.8, 4) is 11.4 Å². The molecule has 0 spiro atoms. The second-order valence-electron chi connectivity index (χ2n) is 7.69. The smallest absolute Gasteiger partial charge is 0.264 e. The molecule has 0 N–H and O–H groups in total. The van der Waals surface area contributed by atoms with Crippen LogP contribution in [0.2, 0.25) is 0 Å². The molecule has 9 nitrogen and oxygen atoms in total. The maximum atomic E-state index is 12.9. The molecule has 0 saturated carbocycles. The highest BCUT2D eigenvalue weighted by molar-refractivity contribution is 5.77. The van der Waals surface area contributed by atoms with E-state index in [-0.39, 0.29) is 18.0 Å². The topological polar surface area (TPSA) is 90.8 Å². The molecule has 0 unspecified atom stereocenters. The van der Waals surface area contributed by atoms with E-state index >= 15 is 0 Å². The summed E-state index contributed by atoms with van der Waals surface area (Å²) in [6.45, 7) is 0.268. The van der Waals surface area contributed by atoms with E-state index in [0.717, 1.165) is 16.9 Å².